The second kappa shape index (κ2) is 4.64. The molecule has 0 aliphatic carbocycles. The van der Waals surface area contributed by atoms with Gasteiger partial charge < -0.3 is 0 Å². The first-order valence-electron chi connectivity index (χ1n) is 4.71. The molecule has 0 fully saturated rings. The molecule has 0 spiro atoms. The first kappa shape index (κ1) is 11.3. The Morgan fingerprint density at radius 2 is 2.14 bits per heavy atom. The van der Waals surface area contributed by atoms with Crippen molar-refractivity contribution in [3.8, 4) is 0 Å². The first-order valence-corrected chi connectivity index (χ1v) is 5.87. The summed E-state index contributed by atoms with van der Waals surface area (Å²) in [5.41, 5.74) is 0.545. The smallest absolute Gasteiger partial charge is 0.256 e. The van der Waals surface area contributed by atoms with Crippen molar-refractivity contribution in [3.05, 3.63) is 11.6 Å². The predicted octanol–water partition coefficient (Wildman–Crippen LogP) is 1.44. The second-order valence-corrected chi connectivity index (χ2v) is 4.67. The predicted molar refractivity (Wildman–Crippen MR) is 58.1 cm³/mol. The maximum atomic E-state index is 11.5. The van der Waals surface area contributed by atoms with E-state index in [1.54, 1.807) is 18.7 Å². The lowest BCUT2D eigenvalue weighted by atomic mass is 10.3. The first-order chi connectivity index (χ1) is 6.57. The van der Waals surface area contributed by atoms with E-state index >= 15 is 0 Å². The van der Waals surface area contributed by atoms with E-state index in [-0.39, 0.29) is 17.9 Å². The number of imide groups is 1. The molecule has 14 heavy (non-hydrogen) atoms. The number of carbonyl (C=O) groups excluding carboxylic acids is 2. The molecule has 1 heterocycles. The highest BCUT2D eigenvalue weighted by Crippen LogP contribution is 2.17. The maximum absolute atomic E-state index is 11.5. The molecule has 0 N–H and O–H groups in total. The Hall–Kier alpha value is -0.770. The van der Waals surface area contributed by atoms with E-state index in [2.05, 4.69) is 6.92 Å². The fourth-order valence-electron chi connectivity index (χ4n) is 1.39. The Balaban J connectivity index is 2.62. The van der Waals surface area contributed by atoms with E-state index in [0.29, 0.717) is 5.57 Å². The van der Waals surface area contributed by atoms with Crippen LogP contribution in [-0.2, 0) is 9.59 Å². The van der Waals surface area contributed by atoms with Crippen molar-refractivity contribution >= 4 is 23.6 Å². The Kier molecular flexibility index (Phi) is 3.75. The molecule has 0 saturated carbocycles. The van der Waals surface area contributed by atoms with Crippen LogP contribution >= 0.6 is 11.8 Å². The number of thioether (sulfide) groups is 1. The third-order valence-electron chi connectivity index (χ3n) is 2.14. The molecule has 1 aliphatic heterocycles. The van der Waals surface area contributed by atoms with Crippen molar-refractivity contribution in [2.24, 2.45) is 0 Å². The SMILES string of the molecule is CCSCC(C)N1C(=O)C=C(C)C1=O. The molecule has 4 heteroatoms. The summed E-state index contributed by atoms with van der Waals surface area (Å²) in [4.78, 5) is 24.3. The summed E-state index contributed by atoms with van der Waals surface area (Å²) >= 11 is 1.74. The molecule has 1 atom stereocenters. The van der Waals surface area contributed by atoms with Crippen LogP contribution in [0.1, 0.15) is 20.8 Å². The van der Waals surface area contributed by atoms with Gasteiger partial charge in [0, 0.05) is 23.4 Å². The standard InChI is InChI=1S/C10H15NO2S/c1-4-14-6-8(3)11-9(12)5-7(2)10(11)13/h5,8H,4,6H2,1-3H3. The van der Waals surface area contributed by atoms with Crippen LogP contribution in [0.25, 0.3) is 0 Å². The fourth-order valence-corrected chi connectivity index (χ4v) is 2.11. The van der Waals surface area contributed by atoms with Crippen LogP contribution in [0.3, 0.4) is 0 Å². The number of nitrogens with zero attached hydrogens (tertiary/aromatic N) is 1. The summed E-state index contributed by atoms with van der Waals surface area (Å²) in [6.07, 6.45) is 1.41. The normalized spacial score (nSPS) is 18.8. The molecule has 0 saturated heterocycles. The molecule has 1 rings (SSSR count). The van der Waals surface area contributed by atoms with Crippen molar-refractivity contribution in [2.45, 2.75) is 26.8 Å². The van der Waals surface area contributed by atoms with Gasteiger partial charge in [0.1, 0.15) is 0 Å². The highest BCUT2D eigenvalue weighted by molar-refractivity contribution is 7.99. The van der Waals surface area contributed by atoms with Crippen LogP contribution in [0.2, 0.25) is 0 Å². The largest absolute Gasteiger partial charge is 0.272 e. The molecular formula is C10H15NO2S. The van der Waals surface area contributed by atoms with Gasteiger partial charge in [-0.15, -0.1) is 0 Å². The second-order valence-electron chi connectivity index (χ2n) is 3.35. The van der Waals surface area contributed by atoms with Crippen LogP contribution in [0.5, 0.6) is 0 Å². The molecule has 1 aliphatic rings. The van der Waals surface area contributed by atoms with E-state index in [4.69, 9.17) is 0 Å². The molecule has 2 amide bonds. The number of hydrogen-bond donors (Lipinski definition) is 0. The molecule has 0 radical (unpaired) electrons. The third kappa shape index (κ3) is 2.18. The third-order valence-corrected chi connectivity index (χ3v) is 3.26. The summed E-state index contributed by atoms with van der Waals surface area (Å²) in [5.74, 6) is 1.51. The van der Waals surface area contributed by atoms with Gasteiger partial charge in [-0.3, -0.25) is 14.5 Å². The minimum absolute atomic E-state index is 0.00588. The Morgan fingerprint density at radius 1 is 1.50 bits per heavy atom. The summed E-state index contributed by atoms with van der Waals surface area (Å²) in [5, 5.41) is 0. The van der Waals surface area contributed by atoms with Gasteiger partial charge >= 0.3 is 0 Å². The van der Waals surface area contributed by atoms with Gasteiger partial charge in [0.25, 0.3) is 11.8 Å². The number of carbonyl (C=O) groups is 2. The number of amides is 2. The lowest BCUT2D eigenvalue weighted by Gasteiger charge is -2.22. The van der Waals surface area contributed by atoms with E-state index in [1.165, 1.54) is 11.0 Å². The number of hydrogen-bond acceptors (Lipinski definition) is 3. The van der Waals surface area contributed by atoms with Crippen molar-refractivity contribution in [1.82, 2.24) is 4.90 Å². The van der Waals surface area contributed by atoms with Crippen molar-refractivity contribution in [3.63, 3.8) is 0 Å². The Morgan fingerprint density at radius 3 is 2.57 bits per heavy atom. The van der Waals surface area contributed by atoms with Gasteiger partial charge in [0.15, 0.2) is 0 Å². The van der Waals surface area contributed by atoms with Gasteiger partial charge in [-0.25, -0.2) is 0 Å². The average molecular weight is 213 g/mol. The fraction of sp³-hybridized carbons (Fsp3) is 0.600. The summed E-state index contributed by atoms with van der Waals surface area (Å²) < 4.78 is 0. The quantitative estimate of drug-likeness (QED) is 0.663. The minimum Gasteiger partial charge on any atom is -0.272 e. The number of rotatable bonds is 4. The summed E-state index contributed by atoms with van der Waals surface area (Å²) in [6.45, 7) is 5.65. The highest BCUT2D eigenvalue weighted by Gasteiger charge is 2.31. The molecular weight excluding hydrogens is 198 g/mol. The van der Waals surface area contributed by atoms with Gasteiger partial charge in [0.05, 0.1) is 0 Å². The van der Waals surface area contributed by atoms with E-state index < -0.39 is 0 Å². The van der Waals surface area contributed by atoms with Crippen molar-refractivity contribution < 1.29 is 9.59 Å². The van der Waals surface area contributed by atoms with Gasteiger partial charge in [0.2, 0.25) is 0 Å². The van der Waals surface area contributed by atoms with Gasteiger partial charge in [-0.2, -0.15) is 11.8 Å². The average Bonchev–Trinajstić information content (AvgIpc) is 2.38. The highest BCUT2D eigenvalue weighted by atomic mass is 32.2. The molecule has 0 bridgehead atoms. The molecule has 78 valence electrons. The van der Waals surface area contributed by atoms with E-state index in [9.17, 15) is 9.59 Å². The molecule has 1 unspecified atom stereocenters. The minimum atomic E-state index is -0.170. The van der Waals surface area contributed by atoms with Crippen LogP contribution in [0.4, 0.5) is 0 Å². The lowest BCUT2D eigenvalue weighted by molar-refractivity contribution is -0.138. The van der Waals surface area contributed by atoms with Crippen molar-refractivity contribution in [1.29, 1.82) is 0 Å². The van der Waals surface area contributed by atoms with Crippen LogP contribution in [0, 0.1) is 0 Å². The Bertz CT molecular complexity index is 286. The van der Waals surface area contributed by atoms with E-state index in [1.807, 2.05) is 6.92 Å². The van der Waals surface area contributed by atoms with Crippen LogP contribution in [-0.4, -0.2) is 34.3 Å². The topological polar surface area (TPSA) is 37.4 Å². The summed E-state index contributed by atoms with van der Waals surface area (Å²) in [6, 6.07) is -0.00588. The molecule has 0 aromatic heterocycles. The summed E-state index contributed by atoms with van der Waals surface area (Å²) in [7, 11) is 0. The van der Waals surface area contributed by atoms with Gasteiger partial charge in [-0.05, 0) is 19.6 Å². The zero-order valence-corrected chi connectivity index (χ0v) is 9.56. The zero-order valence-electron chi connectivity index (χ0n) is 8.74. The van der Waals surface area contributed by atoms with E-state index in [0.717, 1.165) is 11.5 Å². The Labute approximate surface area is 88.5 Å². The van der Waals surface area contributed by atoms with Crippen LogP contribution < -0.4 is 0 Å². The molecule has 0 aromatic carbocycles. The zero-order chi connectivity index (χ0) is 10.7. The van der Waals surface area contributed by atoms with Crippen LogP contribution in [0.15, 0.2) is 11.6 Å². The van der Waals surface area contributed by atoms with Gasteiger partial charge in [-0.1, -0.05) is 6.92 Å². The molecule has 3 nitrogen and oxygen atoms in total. The maximum Gasteiger partial charge on any atom is 0.256 e. The monoisotopic (exact) mass is 213 g/mol. The van der Waals surface area contributed by atoms with Crippen molar-refractivity contribution in [2.75, 3.05) is 11.5 Å². The lowest BCUT2D eigenvalue weighted by Crippen LogP contribution is -2.40. The molecule has 0 aromatic rings.